The molecule has 0 N–H and O–H groups in total. The Hall–Kier alpha value is -2.80. The Morgan fingerprint density at radius 1 is 1.07 bits per heavy atom. The number of carbonyl (C=O) groups is 1. The molecule has 6 nitrogen and oxygen atoms in total. The maximum Gasteiger partial charge on any atom is 0.316 e. The highest BCUT2D eigenvalue weighted by molar-refractivity contribution is 7.99. The molecule has 0 radical (unpaired) electrons. The third-order valence-electron chi connectivity index (χ3n) is 4.17. The van der Waals surface area contributed by atoms with Crippen LogP contribution in [0, 0.1) is 5.92 Å². The average Bonchev–Trinajstić information content (AvgIpc) is 3.13. The van der Waals surface area contributed by atoms with Crippen molar-refractivity contribution in [3.05, 3.63) is 60.2 Å². The average molecular weight is 412 g/mol. The first kappa shape index (κ1) is 20.9. The van der Waals surface area contributed by atoms with Crippen LogP contribution in [0.5, 0.6) is 5.75 Å². The fourth-order valence-corrected chi connectivity index (χ4v) is 3.53. The molecule has 152 valence electrons. The molecule has 0 aliphatic heterocycles. The van der Waals surface area contributed by atoms with Gasteiger partial charge in [0.25, 0.3) is 0 Å². The molecule has 1 heterocycles. The second-order valence-electron chi connectivity index (χ2n) is 6.97. The van der Waals surface area contributed by atoms with Gasteiger partial charge in [0.2, 0.25) is 0 Å². The zero-order chi connectivity index (χ0) is 20.6. The van der Waals surface area contributed by atoms with Gasteiger partial charge in [-0.25, -0.2) is 0 Å². The van der Waals surface area contributed by atoms with E-state index in [9.17, 15) is 4.79 Å². The fraction of sp³-hybridized carbons (Fsp3) is 0.318. The fourth-order valence-electron chi connectivity index (χ4n) is 2.78. The summed E-state index contributed by atoms with van der Waals surface area (Å²) >= 11 is 1.35. The van der Waals surface area contributed by atoms with E-state index < -0.39 is 0 Å². The van der Waals surface area contributed by atoms with Crippen LogP contribution in [0.4, 0.5) is 0 Å². The van der Waals surface area contributed by atoms with E-state index in [2.05, 4.69) is 28.6 Å². The topological polar surface area (TPSA) is 66.2 Å². The van der Waals surface area contributed by atoms with Crippen LogP contribution in [0.3, 0.4) is 0 Å². The molecule has 0 unspecified atom stereocenters. The van der Waals surface area contributed by atoms with Gasteiger partial charge in [-0.15, -0.1) is 10.2 Å². The summed E-state index contributed by atoms with van der Waals surface area (Å²) in [5.74, 6) is 1.89. The summed E-state index contributed by atoms with van der Waals surface area (Å²) in [4.78, 5) is 12.2. The Balaban J connectivity index is 1.68. The molecule has 0 spiro atoms. The first-order valence-corrected chi connectivity index (χ1v) is 10.5. The third-order valence-corrected chi connectivity index (χ3v) is 5.11. The summed E-state index contributed by atoms with van der Waals surface area (Å²) in [5, 5.41) is 9.39. The minimum Gasteiger partial charge on any atom is -0.497 e. The maximum absolute atomic E-state index is 12.2. The van der Waals surface area contributed by atoms with Gasteiger partial charge < -0.3 is 14.0 Å². The molecule has 0 saturated heterocycles. The van der Waals surface area contributed by atoms with Crippen molar-refractivity contribution in [3.8, 4) is 17.1 Å². The van der Waals surface area contributed by atoms with Gasteiger partial charge >= 0.3 is 5.97 Å². The molecule has 0 fully saturated rings. The summed E-state index contributed by atoms with van der Waals surface area (Å²) < 4.78 is 12.6. The molecule has 3 aromatic rings. The van der Waals surface area contributed by atoms with Crippen molar-refractivity contribution in [2.24, 2.45) is 5.92 Å². The Bertz CT molecular complexity index is 924. The van der Waals surface area contributed by atoms with Crippen molar-refractivity contribution in [2.75, 3.05) is 12.9 Å². The molecular weight excluding hydrogens is 386 g/mol. The molecule has 0 atom stereocenters. The van der Waals surface area contributed by atoms with Gasteiger partial charge in [-0.2, -0.15) is 0 Å². The van der Waals surface area contributed by atoms with E-state index in [1.165, 1.54) is 11.8 Å². The van der Waals surface area contributed by atoms with Gasteiger partial charge in [0, 0.05) is 12.1 Å². The summed E-state index contributed by atoms with van der Waals surface area (Å²) in [6.45, 7) is 5.31. The first-order chi connectivity index (χ1) is 14.1. The number of hydrogen-bond acceptors (Lipinski definition) is 6. The van der Waals surface area contributed by atoms with E-state index in [1.54, 1.807) is 7.11 Å². The number of carbonyl (C=O) groups excluding carboxylic acids is 1. The molecule has 7 heteroatoms. The number of benzene rings is 2. The SMILES string of the molecule is COc1ccc(-c2nnc(SCC(=O)OCc3ccccc3)n2CC(C)C)cc1. The molecule has 2 aromatic carbocycles. The molecule has 0 amide bonds. The number of esters is 1. The van der Waals surface area contributed by atoms with Gasteiger partial charge in [-0.05, 0) is 35.7 Å². The Morgan fingerprint density at radius 2 is 1.79 bits per heavy atom. The Kier molecular flexibility index (Phi) is 7.30. The molecular formula is C22H25N3O3S. The van der Waals surface area contributed by atoms with Crippen molar-refractivity contribution < 1.29 is 14.3 Å². The van der Waals surface area contributed by atoms with Crippen LogP contribution in [-0.2, 0) is 22.7 Å². The van der Waals surface area contributed by atoms with Gasteiger partial charge in [0.15, 0.2) is 11.0 Å². The number of methoxy groups -OCH3 is 1. The lowest BCUT2D eigenvalue weighted by atomic mass is 10.2. The van der Waals surface area contributed by atoms with Crippen LogP contribution in [0.1, 0.15) is 19.4 Å². The summed E-state index contributed by atoms with van der Waals surface area (Å²) in [7, 11) is 1.64. The molecule has 0 aliphatic rings. The second kappa shape index (κ2) is 10.1. The predicted octanol–water partition coefficient (Wildman–Crippen LogP) is 4.45. The van der Waals surface area contributed by atoms with E-state index in [4.69, 9.17) is 9.47 Å². The third kappa shape index (κ3) is 5.84. The number of nitrogens with zero attached hydrogens (tertiary/aromatic N) is 3. The number of aromatic nitrogens is 3. The van der Waals surface area contributed by atoms with Gasteiger partial charge in [0.05, 0.1) is 12.9 Å². The monoisotopic (exact) mass is 411 g/mol. The van der Waals surface area contributed by atoms with E-state index in [0.717, 1.165) is 29.2 Å². The molecule has 3 rings (SSSR count). The second-order valence-corrected chi connectivity index (χ2v) is 7.92. The number of ether oxygens (including phenoxy) is 2. The zero-order valence-electron chi connectivity index (χ0n) is 16.9. The van der Waals surface area contributed by atoms with Gasteiger partial charge in [0.1, 0.15) is 12.4 Å². The lowest BCUT2D eigenvalue weighted by Gasteiger charge is -2.12. The number of hydrogen-bond donors (Lipinski definition) is 0. The standard InChI is InChI=1S/C22H25N3O3S/c1-16(2)13-25-21(18-9-11-19(27-3)12-10-18)23-24-22(25)29-15-20(26)28-14-17-7-5-4-6-8-17/h4-12,16H,13-15H2,1-3H3. The van der Waals surface area contributed by atoms with E-state index >= 15 is 0 Å². The highest BCUT2D eigenvalue weighted by Crippen LogP contribution is 2.26. The number of thioether (sulfide) groups is 1. The van der Waals surface area contributed by atoms with Crippen molar-refractivity contribution in [2.45, 2.75) is 32.2 Å². The largest absolute Gasteiger partial charge is 0.497 e. The van der Waals surface area contributed by atoms with Gasteiger partial charge in [-0.3, -0.25) is 4.79 Å². The Morgan fingerprint density at radius 3 is 2.45 bits per heavy atom. The lowest BCUT2D eigenvalue weighted by molar-refractivity contribution is -0.141. The lowest BCUT2D eigenvalue weighted by Crippen LogP contribution is -2.11. The quantitative estimate of drug-likeness (QED) is 0.383. The molecule has 0 bridgehead atoms. The van der Waals surface area contributed by atoms with Crippen molar-refractivity contribution in [1.82, 2.24) is 14.8 Å². The number of rotatable bonds is 9. The van der Waals surface area contributed by atoms with Crippen molar-refractivity contribution >= 4 is 17.7 Å². The highest BCUT2D eigenvalue weighted by Gasteiger charge is 2.17. The van der Waals surface area contributed by atoms with E-state index in [-0.39, 0.29) is 18.3 Å². The van der Waals surface area contributed by atoms with Crippen LogP contribution in [0.15, 0.2) is 59.8 Å². The summed E-state index contributed by atoms with van der Waals surface area (Å²) in [6.07, 6.45) is 0. The van der Waals surface area contributed by atoms with E-state index in [0.29, 0.717) is 11.1 Å². The van der Waals surface area contributed by atoms with Gasteiger partial charge in [-0.1, -0.05) is 55.9 Å². The van der Waals surface area contributed by atoms with Crippen LogP contribution < -0.4 is 4.74 Å². The minimum absolute atomic E-state index is 0.186. The molecule has 0 aliphatic carbocycles. The predicted molar refractivity (Wildman–Crippen MR) is 114 cm³/mol. The minimum atomic E-state index is -0.274. The highest BCUT2D eigenvalue weighted by atomic mass is 32.2. The summed E-state index contributed by atoms with van der Waals surface area (Å²) in [5.41, 5.74) is 1.92. The molecule has 1 aromatic heterocycles. The van der Waals surface area contributed by atoms with Crippen LogP contribution in [-0.4, -0.2) is 33.6 Å². The molecule has 0 saturated carbocycles. The summed E-state index contributed by atoms with van der Waals surface area (Å²) in [6, 6.07) is 17.4. The van der Waals surface area contributed by atoms with Crippen molar-refractivity contribution in [1.29, 1.82) is 0 Å². The Labute approximate surface area is 175 Å². The zero-order valence-corrected chi connectivity index (χ0v) is 17.7. The smallest absolute Gasteiger partial charge is 0.316 e. The van der Waals surface area contributed by atoms with Crippen LogP contribution in [0.25, 0.3) is 11.4 Å². The molecule has 29 heavy (non-hydrogen) atoms. The first-order valence-electron chi connectivity index (χ1n) is 9.46. The maximum atomic E-state index is 12.2. The van der Waals surface area contributed by atoms with Crippen LogP contribution >= 0.6 is 11.8 Å². The van der Waals surface area contributed by atoms with Crippen LogP contribution in [0.2, 0.25) is 0 Å². The normalized spacial score (nSPS) is 10.9. The van der Waals surface area contributed by atoms with E-state index in [1.807, 2.05) is 54.6 Å². The van der Waals surface area contributed by atoms with Crippen molar-refractivity contribution in [3.63, 3.8) is 0 Å².